The quantitative estimate of drug-likeness (QED) is 0.399. The first-order valence-electron chi connectivity index (χ1n) is 5.26. The number of aliphatic hydroxyl groups excluding tert-OH is 2. The monoisotopic (exact) mass is 258 g/mol. The Morgan fingerprint density at radius 3 is 2.78 bits per heavy atom. The van der Waals surface area contributed by atoms with E-state index in [1.165, 1.54) is 6.92 Å². The molecule has 0 bridgehead atoms. The first-order chi connectivity index (χ1) is 8.39. The number of hydrogen-bond donors (Lipinski definition) is 5. The lowest BCUT2D eigenvalue weighted by atomic mass is 9.90. The number of nitrogens with two attached hydrogens (primary N) is 1. The molecule has 0 saturated carbocycles. The number of rotatable bonds is 3. The van der Waals surface area contributed by atoms with Gasteiger partial charge in [0.2, 0.25) is 0 Å². The van der Waals surface area contributed by atoms with Crippen molar-refractivity contribution in [2.45, 2.75) is 30.8 Å². The topological polar surface area (TPSA) is 155 Å². The summed E-state index contributed by atoms with van der Waals surface area (Å²) in [7, 11) is 0. The number of nitrogens with one attached hydrogen (secondary N) is 1. The van der Waals surface area contributed by atoms with Crippen LogP contribution < -0.4 is 5.73 Å². The molecule has 1 fully saturated rings. The Morgan fingerprint density at radius 2 is 2.28 bits per heavy atom. The predicted molar refractivity (Wildman–Crippen MR) is 56.2 cm³/mol. The Hall–Kier alpha value is -1.55. The maximum absolute atomic E-state index is 11.1. The maximum Gasteiger partial charge on any atom is 0.271 e. The third kappa shape index (κ3) is 1.77. The van der Waals surface area contributed by atoms with Gasteiger partial charge in [0.25, 0.3) is 5.91 Å². The Balaban J connectivity index is 2.39. The third-order valence-electron chi connectivity index (χ3n) is 3.03. The molecule has 2 rings (SSSR count). The van der Waals surface area contributed by atoms with Gasteiger partial charge in [0, 0.05) is 0 Å². The number of hydrogen-bond acceptors (Lipinski definition) is 7. The van der Waals surface area contributed by atoms with Crippen molar-refractivity contribution in [3.8, 4) is 0 Å². The Labute approximate surface area is 102 Å². The SMILES string of the molecule is C[C@@]1(O)[C@H](O)[C@@H](CO)O[C@H]1c1n[nH]nc1C(N)=O. The molecule has 0 unspecified atom stereocenters. The summed E-state index contributed by atoms with van der Waals surface area (Å²) >= 11 is 0. The second kappa shape index (κ2) is 4.28. The van der Waals surface area contributed by atoms with Gasteiger partial charge in [0.1, 0.15) is 29.6 Å². The number of H-pyrrole nitrogens is 1. The lowest BCUT2D eigenvalue weighted by Gasteiger charge is -2.25. The zero-order valence-electron chi connectivity index (χ0n) is 9.57. The second-order valence-corrected chi connectivity index (χ2v) is 4.33. The molecule has 0 spiro atoms. The summed E-state index contributed by atoms with van der Waals surface area (Å²) in [5, 5.41) is 38.5. The highest BCUT2D eigenvalue weighted by Crippen LogP contribution is 2.41. The van der Waals surface area contributed by atoms with Crippen molar-refractivity contribution in [3.63, 3.8) is 0 Å². The number of aromatic nitrogens is 3. The van der Waals surface area contributed by atoms with Gasteiger partial charge in [-0.1, -0.05) is 0 Å². The summed E-state index contributed by atoms with van der Waals surface area (Å²) in [5.74, 6) is -0.833. The van der Waals surface area contributed by atoms with Crippen LogP contribution in [0.15, 0.2) is 0 Å². The van der Waals surface area contributed by atoms with Gasteiger partial charge in [-0.25, -0.2) is 0 Å². The molecular weight excluding hydrogens is 244 g/mol. The molecule has 0 aliphatic carbocycles. The van der Waals surface area contributed by atoms with E-state index in [1.54, 1.807) is 0 Å². The number of nitrogens with zero attached hydrogens (tertiary/aromatic N) is 2. The number of carbonyl (C=O) groups excluding carboxylic acids is 1. The Morgan fingerprint density at radius 1 is 1.61 bits per heavy atom. The van der Waals surface area contributed by atoms with Gasteiger partial charge in [0.05, 0.1) is 6.61 Å². The van der Waals surface area contributed by atoms with E-state index in [-0.39, 0.29) is 11.4 Å². The lowest BCUT2D eigenvalue weighted by Crippen LogP contribution is -2.43. The summed E-state index contributed by atoms with van der Waals surface area (Å²) in [6.45, 7) is 0.842. The molecule has 1 aromatic heterocycles. The number of aromatic amines is 1. The van der Waals surface area contributed by atoms with Crippen molar-refractivity contribution < 1.29 is 24.9 Å². The van der Waals surface area contributed by atoms with E-state index >= 15 is 0 Å². The second-order valence-electron chi connectivity index (χ2n) is 4.33. The van der Waals surface area contributed by atoms with Crippen LogP contribution >= 0.6 is 0 Å². The van der Waals surface area contributed by atoms with Crippen molar-refractivity contribution in [1.29, 1.82) is 0 Å². The zero-order valence-corrected chi connectivity index (χ0v) is 9.57. The molecule has 1 aliphatic rings. The predicted octanol–water partition coefficient (Wildman–Crippen LogP) is -2.55. The third-order valence-corrected chi connectivity index (χ3v) is 3.03. The molecule has 9 heteroatoms. The van der Waals surface area contributed by atoms with Gasteiger partial charge >= 0.3 is 0 Å². The molecule has 100 valence electrons. The average Bonchev–Trinajstić information content (AvgIpc) is 2.84. The van der Waals surface area contributed by atoms with Crippen molar-refractivity contribution in [3.05, 3.63) is 11.4 Å². The summed E-state index contributed by atoms with van der Waals surface area (Å²) in [6, 6.07) is 0. The van der Waals surface area contributed by atoms with E-state index in [0.29, 0.717) is 0 Å². The van der Waals surface area contributed by atoms with E-state index in [4.69, 9.17) is 15.6 Å². The summed E-state index contributed by atoms with van der Waals surface area (Å²) < 4.78 is 5.29. The normalized spacial score (nSPS) is 35.9. The lowest BCUT2D eigenvalue weighted by molar-refractivity contribution is -0.0661. The van der Waals surface area contributed by atoms with Gasteiger partial charge in [-0.15, -0.1) is 0 Å². The average molecular weight is 258 g/mol. The van der Waals surface area contributed by atoms with Crippen LogP contribution in [0.3, 0.4) is 0 Å². The van der Waals surface area contributed by atoms with Gasteiger partial charge < -0.3 is 25.8 Å². The molecule has 0 aromatic carbocycles. The Kier molecular flexibility index (Phi) is 3.07. The standard InChI is InChI=1S/C9H14N4O5/c1-9(17)6(15)3(2-14)18-7(9)4-5(8(10)16)12-13-11-4/h3,6-7,14-15,17H,2H2,1H3,(H2,10,16)(H,11,12,13)/t3-,6-,7+,9-/m1/s1. The van der Waals surface area contributed by atoms with Crippen molar-refractivity contribution in [2.75, 3.05) is 6.61 Å². The van der Waals surface area contributed by atoms with E-state index in [0.717, 1.165) is 0 Å². The zero-order chi connectivity index (χ0) is 13.5. The van der Waals surface area contributed by atoms with Crippen molar-refractivity contribution in [1.82, 2.24) is 15.4 Å². The van der Waals surface area contributed by atoms with Gasteiger partial charge in [0.15, 0.2) is 5.69 Å². The van der Waals surface area contributed by atoms with Crippen LogP contribution in [0.5, 0.6) is 0 Å². The molecule has 1 aliphatic heterocycles. The molecule has 4 atom stereocenters. The minimum absolute atomic E-state index is 0.00231. The number of carbonyl (C=O) groups is 1. The van der Waals surface area contributed by atoms with E-state index in [9.17, 15) is 15.0 Å². The number of aliphatic hydroxyl groups is 3. The van der Waals surface area contributed by atoms with Crippen LogP contribution in [0.2, 0.25) is 0 Å². The molecular formula is C9H14N4O5. The van der Waals surface area contributed by atoms with Crippen LogP contribution in [-0.4, -0.2) is 61.1 Å². The fraction of sp³-hybridized carbons (Fsp3) is 0.667. The number of primary amides is 1. The van der Waals surface area contributed by atoms with Crippen LogP contribution in [0.25, 0.3) is 0 Å². The van der Waals surface area contributed by atoms with Crippen LogP contribution in [0.4, 0.5) is 0 Å². The molecule has 1 aromatic rings. The molecule has 9 nitrogen and oxygen atoms in total. The van der Waals surface area contributed by atoms with Crippen LogP contribution in [-0.2, 0) is 4.74 Å². The summed E-state index contributed by atoms with van der Waals surface area (Å²) in [4.78, 5) is 11.1. The van der Waals surface area contributed by atoms with Crippen LogP contribution in [0.1, 0.15) is 29.2 Å². The van der Waals surface area contributed by atoms with E-state index in [1.807, 2.05) is 0 Å². The fourth-order valence-corrected chi connectivity index (χ4v) is 2.01. The molecule has 1 amide bonds. The summed E-state index contributed by atoms with van der Waals surface area (Å²) in [6.07, 6.45) is -3.39. The number of amides is 1. The Bertz CT molecular complexity index is 460. The van der Waals surface area contributed by atoms with E-state index in [2.05, 4.69) is 15.4 Å². The highest BCUT2D eigenvalue weighted by molar-refractivity contribution is 5.91. The highest BCUT2D eigenvalue weighted by atomic mass is 16.6. The molecule has 2 heterocycles. The first-order valence-corrected chi connectivity index (χ1v) is 5.26. The van der Waals surface area contributed by atoms with Crippen molar-refractivity contribution >= 4 is 5.91 Å². The number of ether oxygens (including phenoxy) is 1. The minimum atomic E-state index is -1.71. The molecule has 0 radical (unpaired) electrons. The van der Waals surface area contributed by atoms with Crippen molar-refractivity contribution in [2.24, 2.45) is 5.73 Å². The summed E-state index contributed by atoms with van der Waals surface area (Å²) in [5.41, 5.74) is 3.22. The fourth-order valence-electron chi connectivity index (χ4n) is 2.01. The molecule has 18 heavy (non-hydrogen) atoms. The maximum atomic E-state index is 11.1. The van der Waals surface area contributed by atoms with Gasteiger partial charge in [-0.2, -0.15) is 15.4 Å². The minimum Gasteiger partial charge on any atom is -0.394 e. The highest BCUT2D eigenvalue weighted by Gasteiger charge is 2.54. The van der Waals surface area contributed by atoms with Crippen LogP contribution in [0, 0.1) is 0 Å². The van der Waals surface area contributed by atoms with Gasteiger partial charge in [-0.3, -0.25) is 4.79 Å². The van der Waals surface area contributed by atoms with E-state index < -0.39 is 36.4 Å². The molecule has 1 saturated heterocycles. The smallest absolute Gasteiger partial charge is 0.271 e. The largest absolute Gasteiger partial charge is 0.394 e. The molecule has 6 N–H and O–H groups in total. The van der Waals surface area contributed by atoms with Gasteiger partial charge in [-0.05, 0) is 6.92 Å². The first kappa shape index (κ1) is 12.9.